The van der Waals surface area contributed by atoms with E-state index in [1.807, 2.05) is 0 Å². The lowest BCUT2D eigenvalue weighted by Gasteiger charge is -2.27. The van der Waals surface area contributed by atoms with E-state index in [4.69, 9.17) is 4.84 Å². The normalized spacial score (nSPS) is 19.5. The second kappa shape index (κ2) is 6.80. The van der Waals surface area contributed by atoms with Crippen LogP contribution in [0.4, 0.5) is 29.3 Å². The number of urea groups is 1. The van der Waals surface area contributed by atoms with Crippen molar-refractivity contribution in [3.8, 4) is 0 Å². The number of hydroxylamine groups is 2. The lowest BCUT2D eigenvalue weighted by molar-refractivity contribution is -0.223. The fraction of sp³-hybridized carbons (Fsp3) is 0.263. The number of amides is 2. The molecule has 0 radical (unpaired) electrons. The monoisotopic (exact) mass is 420 g/mol. The molecule has 1 atom stereocenters. The molecule has 1 aliphatic heterocycles. The van der Waals surface area contributed by atoms with Gasteiger partial charge in [-0.05, 0) is 29.3 Å². The van der Waals surface area contributed by atoms with Crippen molar-refractivity contribution in [2.75, 3.05) is 18.0 Å². The number of benzene rings is 1. The predicted octanol–water partition coefficient (Wildman–Crippen LogP) is 3.24. The molecule has 1 unspecified atom stereocenters. The molecule has 1 fully saturated rings. The summed E-state index contributed by atoms with van der Waals surface area (Å²) in [6.07, 6.45) is -0.725. The zero-order valence-corrected chi connectivity index (χ0v) is 16.1. The summed E-state index contributed by atoms with van der Waals surface area (Å²) in [4.78, 5) is 39.4. The van der Waals surface area contributed by atoms with E-state index in [0.29, 0.717) is 22.3 Å². The Morgan fingerprint density at radius 2 is 2.03 bits per heavy atom. The van der Waals surface area contributed by atoms with Crippen LogP contribution in [0.2, 0.25) is 0 Å². The van der Waals surface area contributed by atoms with Crippen molar-refractivity contribution in [1.82, 2.24) is 19.2 Å². The van der Waals surface area contributed by atoms with Crippen LogP contribution in [-0.2, 0) is 16.7 Å². The van der Waals surface area contributed by atoms with Crippen LogP contribution in [0, 0.1) is 6.92 Å². The van der Waals surface area contributed by atoms with Gasteiger partial charge in [0.05, 0.1) is 35.8 Å². The highest BCUT2D eigenvalue weighted by molar-refractivity contribution is 6.03. The van der Waals surface area contributed by atoms with Gasteiger partial charge in [-0.25, -0.2) is 14.6 Å². The first-order chi connectivity index (χ1) is 14.1. The summed E-state index contributed by atoms with van der Waals surface area (Å²) in [5, 5.41) is 0. The van der Waals surface area contributed by atoms with Gasteiger partial charge < -0.3 is 4.57 Å². The second-order valence-corrected chi connectivity index (χ2v) is 6.96. The molecule has 2 amide bonds. The highest BCUT2D eigenvalue weighted by Crippen LogP contribution is 2.36. The lowest BCUT2D eigenvalue weighted by atomic mass is 10.2. The highest BCUT2D eigenvalue weighted by atomic mass is 19.4. The Kier molecular flexibility index (Phi) is 4.49. The third-order valence-corrected chi connectivity index (χ3v) is 5.08. The molecule has 30 heavy (non-hydrogen) atoms. The molecule has 4 rings (SSSR count). The summed E-state index contributed by atoms with van der Waals surface area (Å²) in [6, 6.07) is 5.39. The molecule has 3 heterocycles. The van der Waals surface area contributed by atoms with Gasteiger partial charge in [-0.1, -0.05) is 0 Å². The number of pyridine rings is 1. The van der Waals surface area contributed by atoms with E-state index in [-0.39, 0.29) is 18.8 Å². The number of alkyl halides is 3. The Morgan fingerprint density at radius 3 is 2.73 bits per heavy atom. The van der Waals surface area contributed by atoms with Crippen LogP contribution in [0.5, 0.6) is 0 Å². The molecular formula is C19H17F3N5O3+. The minimum absolute atomic E-state index is 0.0385. The van der Waals surface area contributed by atoms with Gasteiger partial charge >= 0.3 is 18.2 Å². The largest absolute Gasteiger partial charge is 0.497 e. The maximum absolute atomic E-state index is 13.4. The molecule has 1 aliphatic rings. The first-order valence-electron chi connectivity index (χ1n) is 8.96. The summed E-state index contributed by atoms with van der Waals surface area (Å²) in [5.74, 6) is -2.44. The summed E-state index contributed by atoms with van der Waals surface area (Å²) in [6.45, 7) is 1.59. The van der Waals surface area contributed by atoms with Crippen LogP contribution in [0.3, 0.4) is 0 Å². The van der Waals surface area contributed by atoms with Gasteiger partial charge in [0, 0.05) is 25.4 Å². The van der Waals surface area contributed by atoms with E-state index in [9.17, 15) is 22.8 Å². The van der Waals surface area contributed by atoms with Gasteiger partial charge in [-0.3, -0.25) is 14.7 Å². The number of aryl methyl sites for hydroxylation is 2. The number of fused-ring (bicyclic) bond motifs is 1. The second-order valence-electron chi connectivity index (χ2n) is 6.96. The van der Waals surface area contributed by atoms with E-state index in [1.54, 1.807) is 36.9 Å². The number of nitrogens with zero attached hydrogens (tertiary/aromatic N) is 5. The molecule has 1 saturated heterocycles. The number of halogens is 3. The molecule has 11 heteroatoms. The topological polar surface area (TPSA) is 77.3 Å². The maximum Gasteiger partial charge on any atom is 0.497 e. The van der Waals surface area contributed by atoms with Crippen molar-refractivity contribution < 1.29 is 27.6 Å². The Labute approximate surface area is 168 Å². The number of quaternary nitrogens is 1. The number of aromatic nitrogens is 3. The van der Waals surface area contributed by atoms with Gasteiger partial charge in [0.25, 0.3) is 0 Å². The number of hydrogen-bond acceptors (Lipinski definition) is 5. The Morgan fingerprint density at radius 1 is 1.27 bits per heavy atom. The molecule has 156 valence electrons. The first kappa shape index (κ1) is 19.8. The van der Waals surface area contributed by atoms with Crippen LogP contribution in [0.25, 0.3) is 11.0 Å². The van der Waals surface area contributed by atoms with Crippen molar-refractivity contribution in [2.24, 2.45) is 7.05 Å². The summed E-state index contributed by atoms with van der Waals surface area (Å²) in [5.41, 5.74) is 2.39. The summed E-state index contributed by atoms with van der Waals surface area (Å²) in [7, 11) is 1.76. The van der Waals surface area contributed by atoms with Gasteiger partial charge in [0.15, 0.2) is 12.2 Å². The van der Waals surface area contributed by atoms with E-state index < -0.39 is 22.8 Å². The standard InChI is InChI=1S/C19H17F3N5O3/c1-12-5-6-23-10-16(12)26-7-8-27(18(26)29,30-17(28)19(20,21)22)13-3-4-15-14(9-13)24-11-25(15)2/h3-6,9-11H,7-8H2,1-2H3/q+1. The predicted molar refractivity (Wildman–Crippen MR) is 101 cm³/mol. The summed E-state index contributed by atoms with van der Waals surface area (Å²) < 4.78 is 39.5. The Hall–Kier alpha value is -3.47. The smallest absolute Gasteiger partial charge is 0.334 e. The minimum atomic E-state index is -5.25. The molecule has 0 N–H and O–H groups in total. The minimum Gasteiger partial charge on any atom is -0.334 e. The molecule has 3 aromatic rings. The molecule has 0 aliphatic carbocycles. The Balaban J connectivity index is 1.83. The van der Waals surface area contributed by atoms with Crippen LogP contribution in [0.1, 0.15) is 5.56 Å². The lowest BCUT2D eigenvalue weighted by Crippen LogP contribution is -2.55. The van der Waals surface area contributed by atoms with Gasteiger partial charge in [-0.2, -0.15) is 13.2 Å². The van der Waals surface area contributed by atoms with Gasteiger partial charge in [0.2, 0.25) is 0 Å². The van der Waals surface area contributed by atoms with Crippen molar-refractivity contribution in [3.63, 3.8) is 0 Å². The molecule has 1 aromatic carbocycles. The van der Waals surface area contributed by atoms with E-state index in [0.717, 1.165) is 0 Å². The molecule has 2 aromatic heterocycles. The van der Waals surface area contributed by atoms with Crippen molar-refractivity contribution in [1.29, 1.82) is 0 Å². The molecule has 0 spiro atoms. The number of hydrogen-bond donors (Lipinski definition) is 0. The zero-order valence-electron chi connectivity index (χ0n) is 16.1. The fourth-order valence-corrected chi connectivity index (χ4v) is 3.51. The summed E-state index contributed by atoms with van der Waals surface area (Å²) >= 11 is 0. The maximum atomic E-state index is 13.4. The van der Waals surface area contributed by atoms with Crippen molar-refractivity contribution >= 4 is 34.4 Å². The fourth-order valence-electron chi connectivity index (χ4n) is 3.51. The van der Waals surface area contributed by atoms with E-state index in [1.165, 1.54) is 29.6 Å². The number of anilines is 1. The third kappa shape index (κ3) is 3.07. The highest BCUT2D eigenvalue weighted by Gasteiger charge is 2.58. The molecule has 0 saturated carbocycles. The van der Waals surface area contributed by atoms with Gasteiger partial charge in [-0.15, -0.1) is 0 Å². The number of carbonyl (C=O) groups is 2. The van der Waals surface area contributed by atoms with Crippen molar-refractivity contribution in [2.45, 2.75) is 13.1 Å². The van der Waals surface area contributed by atoms with Gasteiger partial charge in [0.1, 0.15) is 0 Å². The quantitative estimate of drug-likeness (QED) is 0.608. The first-order valence-corrected chi connectivity index (χ1v) is 8.96. The average molecular weight is 420 g/mol. The Bertz CT molecular complexity index is 1160. The zero-order chi connectivity index (χ0) is 21.7. The number of imidazole rings is 1. The van der Waals surface area contributed by atoms with Crippen LogP contribution >= 0.6 is 0 Å². The van der Waals surface area contributed by atoms with Crippen molar-refractivity contribution in [3.05, 3.63) is 48.5 Å². The number of carbonyl (C=O) groups excluding carboxylic acids is 2. The van der Waals surface area contributed by atoms with Crippen LogP contribution in [-0.4, -0.2) is 45.8 Å². The van der Waals surface area contributed by atoms with E-state index in [2.05, 4.69) is 9.97 Å². The van der Waals surface area contributed by atoms with E-state index >= 15 is 0 Å². The molecule has 8 nitrogen and oxygen atoms in total. The molecule has 0 bridgehead atoms. The average Bonchev–Trinajstić information content (AvgIpc) is 3.22. The SMILES string of the molecule is Cc1ccncc1N1CC[N+](OC(=O)C(F)(F)F)(c2ccc3c(c2)ncn3C)C1=O. The number of rotatable bonds is 3. The van der Waals surface area contributed by atoms with Crippen LogP contribution in [0.15, 0.2) is 43.0 Å². The molecular weight excluding hydrogens is 403 g/mol. The third-order valence-electron chi connectivity index (χ3n) is 5.08. The van der Waals surface area contributed by atoms with Crippen LogP contribution < -0.4 is 9.55 Å².